The average molecular weight is 477 g/mol. The first kappa shape index (κ1) is 21.4. The predicted octanol–water partition coefficient (Wildman–Crippen LogP) is 5.03. The lowest BCUT2D eigenvalue weighted by molar-refractivity contribution is -0.00578. The Morgan fingerprint density at radius 2 is 1.97 bits per heavy atom. The van der Waals surface area contributed by atoms with Crippen LogP contribution in [0.5, 0.6) is 11.5 Å². The Kier molecular flexibility index (Phi) is 5.03. The highest BCUT2D eigenvalue weighted by atomic mass is 35.5. The van der Waals surface area contributed by atoms with Gasteiger partial charge in [0.05, 0.1) is 30.2 Å². The minimum Gasteiger partial charge on any atom is -0.497 e. The van der Waals surface area contributed by atoms with Crippen LogP contribution < -0.4 is 9.47 Å². The molecule has 174 valence electrons. The van der Waals surface area contributed by atoms with Crippen molar-refractivity contribution in [2.24, 2.45) is 0 Å². The second-order valence-electron chi connectivity index (χ2n) is 9.47. The predicted molar refractivity (Wildman–Crippen MR) is 129 cm³/mol. The molecule has 0 unspecified atom stereocenters. The summed E-state index contributed by atoms with van der Waals surface area (Å²) in [5.41, 5.74) is 3.66. The van der Waals surface area contributed by atoms with Gasteiger partial charge in [-0.15, -0.1) is 0 Å². The molecule has 1 aromatic heterocycles. The van der Waals surface area contributed by atoms with Gasteiger partial charge in [0.15, 0.2) is 5.78 Å². The van der Waals surface area contributed by atoms with E-state index in [1.807, 2.05) is 23.1 Å². The fourth-order valence-electron chi connectivity index (χ4n) is 5.63. The molecule has 0 N–H and O–H groups in total. The van der Waals surface area contributed by atoms with Crippen LogP contribution in [-0.2, 0) is 12.8 Å². The Morgan fingerprint density at radius 1 is 1.15 bits per heavy atom. The van der Waals surface area contributed by atoms with Gasteiger partial charge in [-0.05, 0) is 55.2 Å². The number of aromatic nitrogens is 1. The van der Waals surface area contributed by atoms with E-state index in [-0.39, 0.29) is 11.7 Å². The fourth-order valence-corrected chi connectivity index (χ4v) is 5.81. The molecule has 0 bridgehead atoms. The number of fused-ring (bicyclic) bond motifs is 3. The Labute approximate surface area is 202 Å². The zero-order valence-corrected chi connectivity index (χ0v) is 19.8. The lowest BCUT2D eigenvalue weighted by Gasteiger charge is -2.44. The van der Waals surface area contributed by atoms with Crippen molar-refractivity contribution < 1.29 is 19.1 Å². The summed E-state index contributed by atoms with van der Waals surface area (Å²) in [5.74, 6) is 1.33. The standard InChI is InChI=1S/C27H25ClN2O4/c1-33-17-6-7-19-23(31)15-27(34-24(19)14-17)9-11-30(12-10-27)26(32)25-18-3-2-4-21(18)29-22-8-5-16(28)13-20(22)25/h5-8,13-14H,2-4,9-12,15H2,1H3. The molecule has 3 aromatic rings. The number of ether oxygens (including phenoxy) is 2. The molecule has 1 amide bonds. The van der Waals surface area contributed by atoms with E-state index in [9.17, 15) is 9.59 Å². The number of carbonyl (C=O) groups is 2. The van der Waals surface area contributed by atoms with Crippen molar-refractivity contribution in [1.29, 1.82) is 0 Å². The van der Waals surface area contributed by atoms with Crippen LogP contribution in [0.3, 0.4) is 0 Å². The van der Waals surface area contributed by atoms with Gasteiger partial charge in [0.25, 0.3) is 5.91 Å². The third kappa shape index (κ3) is 3.43. The largest absolute Gasteiger partial charge is 0.497 e. The molecule has 3 heterocycles. The van der Waals surface area contributed by atoms with Crippen molar-refractivity contribution in [3.63, 3.8) is 0 Å². The molecule has 6 nitrogen and oxygen atoms in total. The number of benzene rings is 2. The molecule has 1 saturated heterocycles. The maximum atomic E-state index is 13.8. The second kappa shape index (κ2) is 7.98. The molecule has 2 aliphatic heterocycles. The van der Waals surface area contributed by atoms with Gasteiger partial charge in [-0.25, -0.2) is 0 Å². The molecule has 7 heteroatoms. The van der Waals surface area contributed by atoms with Crippen molar-refractivity contribution in [3.8, 4) is 11.5 Å². The molecule has 1 aliphatic carbocycles. The molecule has 3 aliphatic rings. The number of hydrogen-bond donors (Lipinski definition) is 0. The summed E-state index contributed by atoms with van der Waals surface area (Å²) in [6, 6.07) is 10.9. The summed E-state index contributed by atoms with van der Waals surface area (Å²) in [6.45, 7) is 1.06. The maximum Gasteiger partial charge on any atom is 0.254 e. The van der Waals surface area contributed by atoms with Crippen LogP contribution in [-0.4, -0.2) is 47.4 Å². The number of carbonyl (C=O) groups excluding carboxylic acids is 2. The molecule has 2 aromatic carbocycles. The van der Waals surface area contributed by atoms with Crippen LogP contribution in [0.1, 0.15) is 57.7 Å². The van der Waals surface area contributed by atoms with Gasteiger partial charge >= 0.3 is 0 Å². The number of likely N-dealkylation sites (tertiary alicyclic amines) is 1. The van der Waals surface area contributed by atoms with Crippen LogP contribution in [0.15, 0.2) is 36.4 Å². The summed E-state index contributed by atoms with van der Waals surface area (Å²) in [6.07, 6.45) is 4.31. The first-order valence-corrected chi connectivity index (χ1v) is 12.1. The summed E-state index contributed by atoms with van der Waals surface area (Å²) in [4.78, 5) is 33.4. The number of piperidine rings is 1. The van der Waals surface area contributed by atoms with E-state index in [0.717, 1.165) is 47.0 Å². The molecular weight excluding hydrogens is 452 g/mol. The van der Waals surface area contributed by atoms with Crippen LogP contribution >= 0.6 is 11.6 Å². The van der Waals surface area contributed by atoms with Gasteiger partial charge in [0, 0.05) is 48.1 Å². The Balaban J connectivity index is 1.28. The third-order valence-corrected chi connectivity index (χ3v) is 7.68. The zero-order chi connectivity index (χ0) is 23.4. The minimum absolute atomic E-state index is 0.0203. The summed E-state index contributed by atoms with van der Waals surface area (Å²) in [5, 5.41) is 1.42. The van der Waals surface area contributed by atoms with Crippen molar-refractivity contribution >= 4 is 34.2 Å². The zero-order valence-electron chi connectivity index (χ0n) is 19.0. The van der Waals surface area contributed by atoms with Gasteiger partial charge in [0.1, 0.15) is 17.1 Å². The number of nitrogens with zero attached hydrogens (tertiary/aromatic N) is 2. The van der Waals surface area contributed by atoms with E-state index in [2.05, 4.69) is 0 Å². The normalized spacial score (nSPS) is 18.5. The molecule has 1 fully saturated rings. The van der Waals surface area contributed by atoms with E-state index in [4.69, 9.17) is 26.1 Å². The lowest BCUT2D eigenvalue weighted by atomic mass is 9.82. The van der Waals surface area contributed by atoms with Crippen LogP contribution in [0.25, 0.3) is 10.9 Å². The van der Waals surface area contributed by atoms with Gasteiger partial charge in [-0.3, -0.25) is 14.6 Å². The van der Waals surface area contributed by atoms with Crippen molar-refractivity contribution in [2.75, 3.05) is 20.2 Å². The highest BCUT2D eigenvalue weighted by Crippen LogP contribution is 2.41. The molecular formula is C27H25ClN2O4. The quantitative estimate of drug-likeness (QED) is 0.519. The van der Waals surface area contributed by atoms with Crippen LogP contribution in [0.2, 0.25) is 5.02 Å². The molecule has 0 saturated carbocycles. The lowest BCUT2D eigenvalue weighted by Crippen LogP contribution is -2.52. The van der Waals surface area contributed by atoms with Crippen LogP contribution in [0, 0.1) is 0 Å². The number of aryl methyl sites for hydroxylation is 1. The molecule has 34 heavy (non-hydrogen) atoms. The van der Waals surface area contributed by atoms with Crippen molar-refractivity contribution in [2.45, 2.75) is 44.1 Å². The molecule has 0 radical (unpaired) electrons. The molecule has 0 atom stereocenters. The van der Waals surface area contributed by atoms with E-state index in [0.29, 0.717) is 54.4 Å². The van der Waals surface area contributed by atoms with Gasteiger partial charge in [-0.2, -0.15) is 0 Å². The highest BCUT2D eigenvalue weighted by molar-refractivity contribution is 6.31. The summed E-state index contributed by atoms with van der Waals surface area (Å²) < 4.78 is 11.7. The number of amides is 1. The number of halogens is 1. The number of pyridine rings is 1. The fraction of sp³-hybridized carbons (Fsp3) is 0.370. The van der Waals surface area contributed by atoms with Crippen LogP contribution in [0.4, 0.5) is 0 Å². The second-order valence-corrected chi connectivity index (χ2v) is 9.90. The van der Waals surface area contributed by atoms with Crippen molar-refractivity contribution in [1.82, 2.24) is 9.88 Å². The highest BCUT2D eigenvalue weighted by Gasteiger charge is 2.44. The number of rotatable bonds is 2. The Hall–Kier alpha value is -3.12. The number of Topliss-reactive ketones (excluding diaryl/α,β-unsaturated/α-hetero) is 1. The molecule has 6 rings (SSSR count). The first-order valence-electron chi connectivity index (χ1n) is 11.8. The topological polar surface area (TPSA) is 68.7 Å². The number of ketones is 1. The van der Waals surface area contributed by atoms with Crippen molar-refractivity contribution in [3.05, 3.63) is 63.8 Å². The number of methoxy groups -OCH3 is 1. The Bertz CT molecular complexity index is 1340. The smallest absolute Gasteiger partial charge is 0.254 e. The number of hydrogen-bond acceptors (Lipinski definition) is 5. The van der Waals surface area contributed by atoms with Gasteiger partial charge in [0.2, 0.25) is 0 Å². The van der Waals surface area contributed by atoms with Gasteiger partial charge in [-0.1, -0.05) is 11.6 Å². The minimum atomic E-state index is -0.585. The van der Waals surface area contributed by atoms with E-state index < -0.39 is 5.60 Å². The average Bonchev–Trinajstić information content (AvgIpc) is 3.30. The van der Waals surface area contributed by atoms with E-state index in [1.54, 1.807) is 25.3 Å². The third-order valence-electron chi connectivity index (χ3n) is 7.45. The Morgan fingerprint density at radius 3 is 2.76 bits per heavy atom. The van der Waals surface area contributed by atoms with E-state index >= 15 is 0 Å². The first-order chi connectivity index (χ1) is 16.5. The van der Waals surface area contributed by atoms with Gasteiger partial charge < -0.3 is 14.4 Å². The monoisotopic (exact) mass is 476 g/mol. The maximum absolute atomic E-state index is 13.8. The molecule has 1 spiro atoms. The summed E-state index contributed by atoms with van der Waals surface area (Å²) in [7, 11) is 1.60. The summed E-state index contributed by atoms with van der Waals surface area (Å²) >= 11 is 6.30. The SMILES string of the molecule is COc1ccc2c(c1)OC1(CCN(C(=O)c3c4c(nc5ccc(Cl)cc35)CCC4)CC1)CC2=O. The van der Waals surface area contributed by atoms with E-state index in [1.165, 1.54) is 0 Å².